The van der Waals surface area contributed by atoms with E-state index in [1.54, 1.807) is 19.2 Å². The predicted molar refractivity (Wildman–Crippen MR) is 130 cm³/mol. The van der Waals surface area contributed by atoms with Crippen LogP contribution in [0.15, 0.2) is 85.1 Å². The van der Waals surface area contributed by atoms with Crippen LogP contribution in [-0.4, -0.2) is 28.8 Å². The Morgan fingerprint density at radius 3 is 2.32 bits per heavy atom. The molecule has 0 saturated heterocycles. The highest BCUT2D eigenvalue weighted by atomic mass is 16.5. The fourth-order valence-electron chi connectivity index (χ4n) is 4.24. The maximum absolute atomic E-state index is 12.8. The topological polar surface area (TPSA) is 81.2 Å². The van der Waals surface area contributed by atoms with E-state index in [9.17, 15) is 9.59 Å². The molecule has 0 fully saturated rings. The number of carbonyl (C=O) groups is 2. The highest BCUT2D eigenvalue weighted by molar-refractivity contribution is 6.04. The van der Waals surface area contributed by atoms with Gasteiger partial charge in [0.15, 0.2) is 5.78 Å². The van der Waals surface area contributed by atoms with Gasteiger partial charge in [-0.3, -0.25) is 14.9 Å². The Bertz CT molecular complexity index is 1330. The molecule has 1 atom stereocenters. The Morgan fingerprint density at radius 1 is 0.912 bits per heavy atom. The average molecular weight is 450 g/mol. The summed E-state index contributed by atoms with van der Waals surface area (Å²) in [6, 6.07) is 25.1. The summed E-state index contributed by atoms with van der Waals surface area (Å²) in [5.41, 5.74) is 4.86. The molecule has 6 heteroatoms. The quantitative estimate of drug-likeness (QED) is 0.446. The van der Waals surface area contributed by atoms with Crippen LogP contribution in [0.2, 0.25) is 0 Å². The summed E-state index contributed by atoms with van der Waals surface area (Å²) in [5.74, 6) is 0.703. The Kier molecular flexibility index (Phi) is 5.87. The van der Waals surface area contributed by atoms with Crippen LogP contribution in [0, 0.1) is 0 Å². The van der Waals surface area contributed by atoms with Crippen LogP contribution >= 0.6 is 0 Å². The average Bonchev–Trinajstić information content (AvgIpc) is 2.89. The van der Waals surface area contributed by atoms with Gasteiger partial charge in [0.1, 0.15) is 5.75 Å². The van der Waals surface area contributed by atoms with Gasteiger partial charge in [-0.2, -0.15) is 0 Å². The number of carbonyl (C=O) groups excluding carboxylic acids is 2. The summed E-state index contributed by atoms with van der Waals surface area (Å²) < 4.78 is 5.22. The van der Waals surface area contributed by atoms with Gasteiger partial charge in [0.05, 0.1) is 18.4 Å². The highest BCUT2D eigenvalue weighted by Gasteiger charge is 2.28. The van der Waals surface area contributed by atoms with Gasteiger partial charge in [-0.1, -0.05) is 54.6 Å². The van der Waals surface area contributed by atoms with Crippen LogP contribution in [0.3, 0.4) is 0 Å². The van der Waals surface area contributed by atoms with Gasteiger partial charge in [0, 0.05) is 18.2 Å². The first-order valence-electron chi connectivity index (χ1n) is 11.1. The summed E-state index contributed by atoms with van der Waals surface area (Å²) >= 11 is 0. The number of aromatic nitrogens is 2. The first-order chi connectivity index (χ1) is 16.6. The van der Waals surface area contributed by atoms with E-state index in [4.69, 9.17) is 4.74 Å². The Labute approximate surface area is 197 Å². The molecule has 0 aliphatic heterocycles. The lowest BCUT2D eigenvalue weighted by atomic mass is 9.82. The van der Waals surface area contributed by atoms with Gasteiger partial charge < -0.3 is 4.74 Å². The van der Waals surface area contributed by atoms with Crippen molar-refractivity contribution < 1.29 is 14.3 Å². The number of anilines is 1. The molecule has 0 radical (unpaired) electrons. The summed E-state index contributed by atoms with van der Waals surface area (Å²) in [5, 5.41) is 2.76. The number of methoxy groups -OCH3 is 1. The Morgan fingerprint density at radius 2 is 1.62 bits per heavy atom. The molecule has 0 unspecified atom stereocenters. The van der Waals surface area contributed by atoms with Gasteiger partial charge >= 0.3 is 0 Å². The number of nitrogens with one attached hydrogen (secondary N) is 1. The van der Waals surface area contributed by atoms with E-state index in [0.29, 0.717) is 29.7 Å². The predicted octanol–water partition coefficient (Wildman–Crippen LogP) is 5.32. The van der Waals surface area contributed by atoms with Crippen molar-refractivity contribution in [3.05, 3.63) is 107 Å². The van der Waals surface area contributed by atoms with Crippen molar-refractivity contribution in [1.29, 1.82) is 0 Å². The van der Waals surface area contributed by atoms with Gasteiger partial charge in [0.2, 0.25) is 5.95 Å². The van der Waals surface area contributed by atoms with E-state index in [1.165, 1.54) is 6.20 Å². The number of benzene rings is 3. The molecule has 0 bridgehead atoms. The van der Waals surface area contributed by atoms with Gasteiger partial charge in [-0.25, -0.2) is 9.97 Å². The lowest BCUT2D eigenvalue weighted by Crippen LogP contribution is -2.22. The van der Waals surface area contributed by atoms with Crippen LogP contribution in [0.25, 0.3) is 11.1 Å². The van der Waals surface area contributed by atoms with E-state index in [0.717, 1.165) is 22.4 Å². The second-order valence-electron chi connectivity index (χ2n) is 8.25. The van der Waals surface area contributed by atoms with Gasteiger partial charge in [0.25, 0.3) is 5.91 Å². The van der Waals surface area contributed by atoms with Crippen molar-refractivity contribution in [1.82, 2.24) is 9.97 Å². The number of fused-ring (bicyclic) bond motifs is 1. The first-order valence-corrected chi connectivity index (χ1v) is 11.1. The third-order valence-electron chi connectivity index (χ3n) is 6.11. The molecule has 3 aromatic carbocycles. The molecule has 6 nitrogen and oxygen atoms in total. The SMILES string of the molecule is COc1ccc([C@H]2CC(=O)c3cnc(NC(=O)c4ccc(-c5ccccc5)cc4)nc3C2)cc1. The Balaban J connectivity index is 1.32. The fraction of sp³-hybridized carbons (Fsp3) is 0.143. The van der Waals surface area contributed by atoms with Crippen molar-refractivity contribution in [2.75, 3.05) is 12.4 Å². The number of hydrogen-bond donors (Lipinski definition) is 1. The number of ether oxygens (including phenoxy) is 1. The second kappa shape index (κ2) is 9.27. The third kappa shape index (κ3) is 4.43. The number of nitrogens with zero attached hydrogens (tertiary/aromatic N) is 2. The van der Waals surface area contributed by atoms with E-state index in [2.05, 4.69) is 15.3 Å². The monoisotopic (exact) mass is 449 g/mol. The molecular weight excluding hydrogens is 426 g/mol. The molecule has 0 spiro atoms. The molecule has 168 valence electrons. The van der Waals surface area contributed by atoms with Crippen molar-refractivity contribution in [3.8, 4) is 16.9 Å². The molecule has 1 aromatic heterocycles. The lowest BCUT2D eigenvalue weighted by molar-refractivity contribution is 0.0962. The molecule has 34 heavy (non-hydrogen) atoms. The van der Waals surface area contributed by atoms with Crippen molar-refractivity contribution in [3.63, 3.8) is 0 Å². The molecule has 5 rings (SSSR count). The normalized spacial score (nSPS) is 14.9. The van der Waals surface area contributed by atoms with Gasteiger partial charge in [-0.15, -0.1) is 0 Å². The van der Waals surface area contributed by atoms with Crippen LogP contribution in [0.1, 0.15) is 44.3 Å². The van der Waals surface area contributed by atoms with Crippen molar-refractivity contribution in [2.45, 2.75) is 18.8 Å². The number of rotatable bonds is 5. The zero-order valence-corrected chi connectivity index (χ0v) is 18.7. The van der Waals surface area contributed by atoms with E-state index < -0.39 is 0 Å². The first kappa shape index (κ1) is 21.5. The minimum absolute atomic E-state index is 0.0106. The van der Waals surface area contributed by atoms with E-state index in [-0.39, 0.29) is 23.6 Å². The summed E-state index contributed by atoms with van der Waals surface area (Å²) in [4.78, 5) is 34.2. The standard InChI is InChI=1S/C28H23N3O3/c1-34-23-13-11-20(12-14-23)22-15-25-24(26(32)16-22)17-29-28(30-25)31-27(33)21-9-7-19(8-10-21)18-5-3-2-4-6-18/h2-14,17,22H,15-16H2,1H3,(H,29,30,31,33)/t22-/m1/s1. The molecule has 1 amide bonds. The zero-order chi connectivity index (χ0) is 23.5. The molecule has 1 heterocycles. The van der Waals surface area contributed by atoms with E-state index in [1.807, 2.05) is 66.7 Å². The summed E-state index contributed by atoms with van der Waals surface area (Å²) in [7, 11) is 1.62. The summed E-state index contributed by atoms with van der Waals surface area (Å²) in [6.45, 7) is 0. The Hall–Kier alpha value is -4.32. The maximum atomic E-state index is 12.8. The van der Waals surface area contributed by atoms with Crippen LogP contribution < -0.4 is 10.1 Å². The molecular formula is C28H23N3O3. The van der Waals surface area contributed by atoms with Crippen LogP contribution in [0.5, 0.6) is 5.75 Å². The number of Topliss-reactive ketones (excluding diaryl/α,β-unsaturated/α-hetero) is 1. The minimum Gasteiger partial charge on any atom is -0.497 e. The lowest BCUT2D eigenvalue weighted by Gasteiger charge is -2.23. The second-order valence-corrected chi connectivity index (χ2v) is 8.25. The maximum Gasteiger partial charge on any atom is 0.258 e. The molecule has 4 aromatic rings. The largest absolute Gasteiger partial charge is 0.497 e. The number of hydrogen-bond acceptors (Lipinski definition) is 5. The highest BCUT2D eigenvalue weighted by Crippen LogP contribution is 2.32. The van der Waals surface area contributed by atoms with E-state index >= 15 is 0 Å². The molecule has 1 N–H and O–H groups in total. The number of amides is 1. The van der Waals surface area contributed by atoms with Crippen LogP contribution in [-0.2, 0) is 6.42 Å². The number of ketones is 1. The third-order valence-corrected chi connectivity index (χ3v) is 6.11. The molecule has 1 aliphatic carbocycles. The zero-order valence-electron chi connectivity index (χ0n) is 18.7. The fourth-order valence-corrected chi connectivity index (χ4v) is 4.24. The molecule has 0 saturated carbocycles. The van der Waals surface area contributed by atoms with Crippen molar-refractivity contribution >= 4 is 17.6 Å². The molecule has 1 aliphatic rings. The summed E-state index contributed by atoms with van der Waals surface area (Å²) in [6.07, 6.45) is 2.52. The smallest absolute Gasteiger partial charge is 0.258 e. The van der Waals surface area contributed by atoms with Crippen molar-refractivity contribution in [2.24, 2.45) is 0 Å². The van der Waals surface area contributed by atoms with Gasteiger partial charge in [-0.05, 0) is 53.3 Å². The minimum atomic E-state index is -0.298. The van der Waals surface area contributed by atoms with Crippen LogP contribution in [0.4, 0.5) is 5.95 Å².